The highest BCUT2D eigenvalue weighted by atomic mass is 35.5. The molecule has 0 saturated heterocycles. The van der Waals surface area contributed by atoms with E-state index in [-0.39, 0.29) is 4.88 Å². The fourth-order valence-corrected chi connectivity index (χ4v) is 3.46. The Balaban J connectivity index is 2.38. The topological polar surface area (TPSA) is 75.6 Å². The molecule has 0 spiro atoms. The molecule has 2 rings (SSSR count). The normalized spacial score (nSPS) is 11.2. The molecule has 0 unspecified atom stereocenters. The number of methoxy groups -OCH3 is 1. The molecule has 1 aromatic carbocycles. The summed E-state index contributed by atoms with van der Waals surface area (Å²) in [5, 5.41) is 12.8. The first-order chi connectivity index (χ1) is 11.5. The molecule has 2 aromatic rings. The second-order valence-electron chi connectivity index (χ2n) is 4.52. The van der Waals surface area contributed by atoms with Crippen molar-refractivity contribution in [2.24, 2.45) is 0 Å². The monoisotopic (exact) mass is 383 g/mol. The lowest BCUT2D eigenvalue weighted by Crippen LogP contribution is -2.04. The zero-order chi connectivity index (χ0) is 17.7. The van der Waals surface area contributed by atoms with Crippen LogP contribution in [0, 0.1) is 0 Å². The maximum Gasteiger partial charge on any atom is 0.348 e. The lowest BCUT2D eigenvalue weighted by molar-refractivity contribution is -0.135. The van der Waals surface area contributed by atoms with E-state index < -0.39 is 11.9 Å². The molecular weight excluding hydrogens is 370 g/mol. The molecule has 0 radical (unpaired) electrons. The van der Waals surface area contributed by atoms with Crippen molar-refractivity contribution in [1.29, 1.82) is 0 Å². The van der Waals surface area contributed by atoms with Crippen LogP contribution in [-0.2, 0) is 9.53 Å². The molecule has 0 fully saturated rings. The highest BCUT2D eigenvalue weighted by Crippen LogP contribution is 2.36. The van der Waals surface area contributed by atoms with Crippen molar-refractivity contribution in [2.45, 2.75) is 0 Å². The second kappa shape index (κ2) is 8.23. The third kappa shape index (κ3) is 4.31. The Morgan fingerprint density at radius 1 is 1.38 bits per heavy atom. The van der Waals surface area contributed by atoms with E-state index in [1.54, 1.807) is 30.5 Å². The average Bonchev–Trinajstić information content (AvgIpc) is 2.99. The van der Waals surface area contributed by atoms with Gasteiger partial charge in [0.05, 0.1) is 12.8 Å². The van der Waals surface area contributed by atoms with E-state index in [1.165, 1.54) is 25.1 Å². The molecule has 8 heteroatoms. The van der Waals surface area contributed by atoms with E-state index in [4.69, 9.17) is 11.6 Å². The van der Waals surface area contributed by atoms with Gasteiger partial charge in [0.25, 0.3) is 0 Å². The van der Waals surface area contributed by atoms with Crippen molar-refractivity contribution >= 4 is 52.3 Å². The van der Waals surface area contributed by atoms with Gasteiger partial charge in [-0.25, -0.2) is 9.59 Å². The van der Waals surface area contributed by atoms with Gasteiger partial charge in [0.15, 0.2) is 0 Å². The number of anilines is 1. The zero-order valence-electron chi connectivity index (χ0n) is 12.8. The van der Waals surface area contributed by atoms with E-state index in [0.717, 1.165) is 21.8 Å². The molecule has 1 heterocycles. The number of thioether (sulfide) groups is 1. The smallest absolute Gasteiger partial charge is 0.348 e. The van der Waals surface area contributed by atoms with Gasteiger partial charge in [0.2, 0.25) is 0 Å². The van der Waals surface area contributed by atoms with Crippen LogP contribution in [0.1, 0.15) is 9.67 Å². The lowest BCUT2D eigenvalue weighted by atomic mass is 10.2. The standard InChI is InChI=1S/C16H14ClNO4S2/c1-22-16(21)13(23-2)8-18-11-7-12(24-14(11)15(19)20)9-4-3-5-10(17)6-9/h3-8,18H,1-2H3,(H,19,20). The summed E-state index contributed by atoms with van der Waals surface area (Å²) < 4.78 is 4.66. The number of esters is 1. The Labute approximate surface area is 152 Å². The Morgan fingerprint density at radius 2 is 2.12 bits per heavy atom. The molecule has 0 amide bonds. The summed E-state index contributed by atoms with van der Waals surface area (Å²) in [4.78, 5) is 24.3. The van der Waals surface area contributed by atoms with Gasteiger partial charge in [-0.3, -0.25) is 0 Å². The molecule has 0 atom stereocenters. The van der Waals surface area contributed by atoms with Gasteiger partial charge in [-0.2, -0.15) is 0 Å². The van der Waals surface area contributed by atoms with Crippen LogP contribution in [0.4, 0.5) is 5.69 Å². The first-order valence-electron chi connectivity index (χ1n) is 6.68. The fourth-order valence-electron chi connectivity index (χ4n) is 1.89. The van der Waals surface area contributed by atoms with E-state index in [9.17, 15) is 14.7 Å². The van der Waals surface area contributed by atoms with Gasteiger partial charge in [0, 0.05) is 16.1 Å². The van der Waals surface area contributed by atoms with Crippen molar-refractivity contribution in [2.75, 3.05) is 18.7 Å². The number of aromatic carboxylic acids is 1. The highest BCUT2D eigenvalue weighted by Gasteiger charge is 2.17. The lowest BCUT2D eigenvalue weighted by Gasteiger charge is -2.03. The molecule has 24 heavy (non-hydrogen) atoms. The minimum absolute atomic E-state index is 0.145. The molecule has 0 saturated carbocycles. The first-order valence-corrected chi connectivity index (χ1v) is 9.10. The van der Waals surface area contributed by atoms with Crippen LogP contribution in [0.5, 0.6) is 0 Å². The average molecular weight is 384 g/mol. The number of carbonyl (C=O) groups excluding carboxylic acids is 1. The SMILES string of the molecule is COC(=O)C(=CNc1cc(-c2cccc(Cl)c2)sc1C(=O)O)SC. The molecule has 126 valence electrons. The summed E-state index contributed by atoms with van der Waals surface area (Å²) in [7, 11) is 1.29. The molecule has 0 aliphatic heterocycles. The summed E-state index contributed by atoms with van der Waals surface area (Å²) >= 11 is 8.32. The number of thiophene rings is 1. The fraction of sp³-hybridized carbons (Fsp3) is 0.125. The third-order valence-electron chi connectivity index (χ3n) is 3.00. The third-order valence-corrected chi connectivity index (χ3v) is 5.13. The second-order valence-corrected chi connectivity index (χ2v) is 6.85. The summed E-state index contributed by atoms with van der Waals surface area (Å²) in [5.41, 5.74) is 1.23. The predicted molar refractivity (Wildman–Crippen MR) is 99.0 cm³/mol. The summed E-state index contributed by atoms with van der Waals surface area (Å²) in [6.45, 7) is 0. The van der Waals surface area contributed by atoms with Crippen LogP contribution in [0.3, 0.4) is 0 Å². The molecule has 1 aromatic heterocycles. The Morgan fingerprint density at radius 3 is 2.71 bits per heavy atom. The number of halogens is 1. The van der Waals surface area contributed by atoms with Crippen LogP contribution in [0.2, 0.25) is 5.02 Å². The van der Waals surface area contributed by atoms with E-state index >= 15 is 0 Å². The Kier molecular flexibility index (Phi) is 6.30. The van der Waals surface area contributed by atoms with Gasteiger partial charge < -0.3 is 15.2 Å². The molecule has 5 nitrogen and oxygen atoms in total. The largest absolute Gasteiger partial charge is 0.477 e. The quantitative estimate of drug-likeness (QED) is 0.562. The Bertz CT molecular complexity index is 801. The minimum atomic E-state index is -1.05. The van der Waals surface area contributed by atoms with Crippen molar-refractivity contribution < 1.29 is 19.4 Å². The zero-order valence-corrected chi connectivity index (χ0v) is 15.2. The number of rotatable bonds is 6. The van der Waals surface area contributed by atoms with Crippen LogP contribution < -0.4 is 5.32 Å². The van der Waals surface area contributed by atoms with E-state index in [1.807, 2.05) is 6.07 Å². The van der Waals surface area contributed by atoms with E-state index in [0.29, 0.717) is 15.6 Å². The summed E-state index contributed by atoms with van der Waals surface area (Å²) in [5.74, 6) is -1.54. The van der Waals surface area contributed by atoms with Crippen LogP contribution in [-0.4, -0.2) is 30.4 Å². The van der Waals surface area contributed by atoms with Gasteiger partial charge in [0.1, 0.15) is 9.78 Å². The number of hydrogen-bond acceptors (Lipinski definition) is 6. The van der Waals surface area contributed by atoms with Crippen LogP contribution in [0.15, 0.2) is 41.4 Å². The van der Waals surface area contributed by atoms with Crippen LogP contribution >= 0.6 is 34.7 Å². The van der Waals surface area contributed by atoms with E-state index in [2.05, 4.69) is 10.1 Å². The van der Waals surface area contributed by atoms with Gasteiger partial charge >= 0.3 is 11.9 Å². The molecular formula is C16H14ClNO4S2. The molecule has 0 aliphatic rings. The number of benzene rings is 1. The van der Waals surface area contributed by atoms with Crippen LogP contribution in [0.25, 0.3) is 10.4 Å². The first kappa shape index (κ1) is 18.4. The molecule has 0 bridgehead atoms. The molecule has 0 aliphatic carbocycles. The Hall–Kier alpha value is -1.96. The molecule has 2 N–H and O–H groups in total. The van der Waals surface area contributed by atoms with Crippen molar-refractivity contribution in [3.8, 4) is 10.4 Å². The van der Waals surface area contributed by atoms with Gasteiger partial charge in [-0.1, -0.05) is 23.7 Å². The van der Waals surface area contributed by atoms with Gasteiger partial charge in [-0.15, -0.1) is 23.1 Å². The number of nitrogens with one attached hydrogen (secondary N) is 1. The van der Waals surface area contributed by atoms with Gasteiger partial charge in [-0.05, 0) is 30.0 Å². The van der Waals surface area contributed by atoms with Crippen molar-refractivity contribution in [3.63, 3.8) is 0 Å². The number of carboxylic acid groups (broad SMARTS) is 1. The van der Waals surface area contributed by atoms with Crippen molar-refractivity contribution in [1.82, 2.24) is 0 Å². The maximum atomic E-state index is 11.6. The predicted octanol–water partition coefficient (Wildman–Crippen LogP) is 4.56. The minimum Gasteiger partial charge on any atom is -0.477 e. The summed E-state index contributed by atoms with van der Waals surface area (Å²) in [6, 6.07) is 8.88. The number of hydrogen-bond donors (Lipinski definition) is 2. The maximum absolute atomic E-state index is 11.6. The number of carboxylic acids is 1. The van der Waals surface area contributed by atoms with Crippen molar-refractivity contribution in [3.05, 3.63) is 51.3 Å². The number of carbonyl (C=O) groups is 2. The highest BCUT2D eigenvalue weighted by molar-refractivity contribution is 8.03. The number of ether oxygens (including phenoxy) is 1. The summed E-state index contributed by atoms with van der Waals surface area (Å²) in [6.07, 6.45) is 3.17.